The van der Waals surface area contributed by atoms with E-state index in [-0.39, 0.29) is 18.5 Å². The SMILES string of the molecule is CC(C)OC(=O)OCOP(=O)(COC[C@H](C)n1cnc2c(N)ncnc21)OCOC(=O)OC(C)C.O=C(O)/C=C/C(=O)O. The van der Waals surface area contributed by atoms with Gasteiger partial charge in [0.15, 0.2) is 11.5 Å². The molecular weight excluding hydrogens is 601 g/mol. The van der Waals surface area contributed by atoms with Gasteiger partial charge in [0.25, 0.3) is 0 Å². The van der Waals surface area contributed by atoms with E-state index < -0.39 is 64.0 Å². The third-order valence-corrected chi connectivity index (χ3v) is 5.85. The molecule has 0 amide bonds. The molecule has 0 unspecified atom stereocenters. The third-order valence-electron chi connectivity index (χ3n) is 4.36. The van der Waals surface area contributed by atoms with Crippen molar-refractivity contribution in [2.75, 3.05) is 32.3 Å². The minimum atomic E-state index is -4.05. The number of hydrogen-bond acceptors (Lipinski definition) is 16. The largest absolute Gasteiger partial charge is 0.510 e. The molecule has 0 radical (unpaired) electrons. The molecular formula is C23H34N5O14P. The monoisotopic (exact) mass is 635 g/mol. The summed E-state index contributed by atoms with van der Waals surface area (Å²) in [4.78, 5) is 54.4. The van der Waals surface area contributed by atoms with Gasteiger partial charge >= 0.3 is 31.8 Å². The third kappa shape index (κ3) is 14.9. The Morgan fingerprint density at radius 2 is 1.42 bits per heavy atom. The van der Waals surface area contributed by atoms with Crippen LogP contribution in [0.4, 0.5) is 15.4 Å². The molecule has 0 saturated carbocycles. The maximum absolute atomic E-state index is 13.1. The number of nitrogens with two attached hydrogens (primary N) is 1. The molecule has 0 aliphatic rings. The molecule has 0 bridgehead atoms. The van der Waals surface area contributed by atoms with E-state index in [9.17, 15) is 23.7 Å². The Labute approximate surface area is 245 Å². The molecule has 2 rings (SSSR count). The summed E-state index contributed by atoms with van der Waals surface area (Å²) in [5.41, 5.74) is 6.73. The van der Waals surface area contributed by atoms with Crippen LogP contribution in [-0.2, 0) is 46.9 Å². The van der Waals surface area contributed by atoms with Crippen molar-refractivity contribution in [2.45, 2.75) is 52.9 Å². The van der Waals surface area contributed by atoms with E-state index in [1.54, 1.807) is 32.3 Å². The normalized spacial score (nSPS) is 12.1. The second-order valence-corrected chi connectivity index (χ2v) is 10.7. The minimum Gasteiger partial charge on any atom is -0.478 e. The zero-order valence-electron chi connectivity index (χ0n) is 24.0. The molecule has 0 aromatic carbocycles. The predicted molar refractivity (Wildman–Crippen MR) is 145 cm³/mol. The number of rotatable bonds is 15. The van der Waals surface area contributed by atoms with Gasteiger partial charge in [-0.3, -0.25) is 13.6 Å². The fourth-order valence-electron chi connectivity index (χ4n) is 2.62. The van der Waals surface area contributed by atoms with Crippen LogP contribution in [0, 0.1) is 0 Å². The molecule has 0 aliphatic heterocycles. The second kappa shape index (κ2) is 18.3. The lowest BCUT2D eigenvalue weighted by molar-refractivity contribution is -0.134. The highest BCUT2D eigenvalue weighted by Gasteiger charge is 2.28. The van der Waals surface area contributed by atoms with Crippen LogP contribution >= 0.6 is 7.60 Å². The lowest BCUT2D eigenvalue weighted by Crippen LogP contribution is -2.18. The average molecular weight is 636 g/mol. The lowest BCUT2D eigenvalue weighted by atomic mass is 10.3. The predicted octanol–water partition coefficient (Wildman–Crippen LogP) is 2.92. The zero-order chi connectivity index (χ0) is 32.6. The number of nitrogens with zero attached hydrogens (tertiary/aromatic N) is 4. The molecule has 0 saturated heterocycles. The maximum Gasteiger partial charge on any atom is 0.510 e. The zero-order valence-corrected chi connectivity index (χ0v) is 24.9. The van der Waals surface area contributed by atoms with Crippen molar-refractivity contribution < 1.29 is 66.7 Å². The summed E-state index contributed by atoms with van der Waals surface area (Å²) in [5, 5.41) is 15.6. The smallest absolute Gasteiger partial charge is 0.478 e. The summed E-state index contributed by atoms with van der Waals surface area (Å²) in [6.07, 6.45) is 0.521. The molecule has 2 heterocycles. The molecule has 4 N–H and O–H groups in total. The highest BCUT2D eigenvalue weighted by Crippen LogP contribution is 2.48. The number of nitrogen functional groups attached to an aromatic ring is 1. The number of carbonyl (C=O) groups is 4. The van der Waals surface area contributed by atoms with Crippen LogP contribution in [0.1, 0.15) is 40.7 Å². The van der Waals surface area contributed by atoms with Crippen molar-refractivity contribution in [3.63, 3.8) is 0 Å². The first-order valence-corrected chi connectivity index (χ1v) is 14.1. The first-order chi connectivity index (χ1) is 20.1. The topological polar surface area (TPSA) is 260 Å². The van der Waals surface area contributed by atoms with Gasteiger partial charge in [0, 0.05) is 12.2 Å². The van der Waals surface area contributed by atoms with E-state index in [1.807, 2.05) is 6.92 Å². The molecule has 1 atom stereocenters. The van der Waals surface area contributed by atoms with E-state index in [2.05, 4.69) is 15.0 Å². The number of carboxylic acids is 2. The Bertz CT molecular complexity index is 1250. The summed E-state index contributed by atoms with van der Waals surface area (Å²) in [7, 11) is -4.05. The molecule has 2 aromatic heterocycles. The molecule has 20 heteroatoms. The van der Waals surface area contributed by atoms with Crippen molar-refractivity contribution in [3.05, 3.63) is 24.8 Å². The van der Waals surface area contributed by atoms with E-state index >= 15 is 0 Å². The summed E-state index contributed by atoms with van der Waals surface area (Å²) >= 11 is 0. The van der Waals surface area contributed by atoms with Gasteiger partial charge in [-0.15, -0.1) is 0 Å². The van der Waals surface area contributed by atoms with Crippen LogP contribution in [0.15, 0.2) is 24.8 Å². The number of aliphatic carboxylic acids is 2. The quantitative estimate of drug-likeness (QED) is 0.110. The fourth-order valence-corrected chi connectivity index (χ4v) is 3.60. The average Bonchev–Trinajstić information content (AvgIpc) is 3.32. The van der Waals surface area contributed by atoms with Gasteiger partial charge in [-0.05, 0) is 34.6 Å². The van der Waals surface area contributed by atoms with E-state index in [4.69, 9.17) is 48.7 Å². The molecule has 43 heavy (non-hydrogen) atoms. The van der Waals surface area contributed by atoms with Gasteiger partial charge in [-0.25, -0.2) is 34.1 Å². The van der Waals surface area contributed by atoms with Crippen molar-refractivity contribution in [1.29, 1.82) is 0 Å². The fraction of sp³-hybridized carbons (Fsp3) is 0.522. The Morgan fingerprint density at radius 1 is 0.907 bits per heavy atom. The van der Waals surface area contributed by atoms with Gasteiger partial charge in [-0.1, -0.05) is 0 Å². The number of ether oxygens (including phenoxy) is 5. The van der Waals surface area contributed by atoms with Gasteiger partial charge in [0.1, 0.15) is 18.2 Å². The van der Waals surface area contributed by atoms with Crippen molar-refractivity contribution >= 4 is 48.8 Å². The van der Waals surface area contributed by atoms with Crippen LogP contribution in [-0.4, -0.2) is 92.7 Å². The number of anilines is 1. The summed E-state index contributed by atoms with van der Waals surface area (Å²) in [6, 6.07) is -0.308. The number of carbonyl (C=O) groups excluding carboxylic acids is 2. The number of aromatic nitrogens is 4. The Kier molecular flexibility index (Phi) is 15.6. The van der Waals surface area contributed by atoms with Gasteiger partial charge < -0.3 is 44.2 Å². The van der Waals surface area contributed by atoms with Crippen LogP contribution in [0.25, 0.3) is 11.2 Å². The van der Waals surface area contributed by atoms with Crippen molar-refractivity contribution in [3.8, 4) is 0 Å². The summed E-state index contributed by atoms with van der Waals surface area (Å²) < 4.78 is 49.5. The van der Waals surface area contributed by atoms with E-state index in [0.29, 0.717) is 23.3 Å². The minimum absolute atomic E-state index is 0.0403. The Hall–Kier alpha value is -4.32. The highest BCUT2D eigenvalue weighted by atomic mass is 31.2. The first-order valence-electron chi connectivity index (χ1n) is 12.3. The van der Waals surface area contributed by atoms with Crippen LogP contribution in [0.2, 0.25) is 0 Å². The van der Waals surface area contributed by atoms with Gasteiger partial charge in [0.2, 0.25) is 13.6 Å². The van der Waals surface area contributed by atoms with Crippen molar-refractivity contribution in [1.82, 2.24) is 19.5 Å². The Balaban J connectivity index is 0.00000101. The van der Waals surface area contributed by atoms with Crippen molar-refractivity contribution in [2.24, 2.45) is 0 Å². The highest BCUT2D eigenvalue weighted by molar-refractivity contribution is 7.53. The number of carboxylic acid groups (broad SMARTS) is 2. The van der Waals surface area contributed by atoms with Crippen LogP contribution in [0.3, 0.4) is 0 Å². The van der Waals surface area contributed by atoms with Crippen LogP contribution in [0.5, 0.6) is 0 Å². The standard InChI is InChI=1S/C19H30N5O10P.C4H4O4/c1-12(2)33-18(25)29-9-31-35(27,32-10-30-19(26)34-13(3)4)11-28-6-14(5)24-8-23-15-16(20)21-7-22-17(15)24;5-3(6)1-2-4(7)8/h7-8,12-14H,6,9-11H2,1-5H3,(H2,20,21,22);1-2H,(H,5,6)(H,7,8)/b;2-1+/t14-;/m0./s1. The van der Waals surface area contributed by atoms with Gasteiger partial charge in [-0.2, -0.15) is 0 Å². The first kappa shape index (κ1) is 36.7. The molecule has 2 aromatic rings. The summed E-state index contributed by atoms with van der Waals surface area (Å²) in [5.74, 6) is -2.28. The number of imidazole rings is 1. The number of fused-ring (bicyclic) bond motifs is 1. The molecule has 240 valence electrons. The van der Waals surface area contributed by atoms with E-state index in [1.165, 1.54) is 12.7 Å². The lowest BCUT2D eigenvalue weighted by Gasteiger charge is -2.20. The Morgan fingerprint density at radius 3 is 1.88 bits per heavy atom. The van der Waals surface area contributed by atoms with Crippen LogP contribution < -0.4 is 5.73 Å². The second-order valence-electron chi connectivity index (χ2n) is 8.67. The maximum atomic E-state index is 13.1. The summed E-state index contributed by atoms with van der Waals surface area (Å²) in [6.45, 7) is 6.86. The molecule has 0 spiro atoms. The van der Waals surface area contributed by atoms with Gasteiger partial charge in [0.05, 0.1) is 31.2 Å². The molecule has 0 fully saturated rings. The molecule has 19 nitrogen and oxygen atoms in total. The van der Waals surface area contributed by atoms with E-state index in [0.717, 1.165) is 0 Å². The number of hydrogen-bond donors (Lipinski definition) is 3. The molecule has 0 aliphatic carbocycles.